The van der Waals surface area contributed by atoms with E-state index >= 15 is 0 Å². The first-order valence-electron chi connectivity index (χ1n) is 6.21. The maximum absolute atomic E-state index is 11.0. The van der Waals surface area contributed by atoms with Gasteiger partial charge in [0, 0.05) is 6.54 Å². The van der Waals surface area contributed by atoms with Crippen molar-refractivity contribution in [1.29, 1.82) is 0 Å². The second-order valence-electron chi connectivity index (χ2n) is 6.23. The van der Waals surface area contributed by atoms with Crippen LogP contribution in [0.25, 0.3) is 0 Å². The SMILES string of the molecule is CC(C)(NCc1ccc(C(C)(C)C)cc1)C(=O)O. The molecule has 3 heteroatoms. The zero-order valence-corrected chi connectivity index (χ0v) is 11.9. The number of aliphatic carboxylic acids is 1. The van der Waals surface area contributed by atoms with E-state index in [0.29, 0.717) is 6.54 Å². The number of rotatable bonds is 4. The van der Waals surface area contributed by atoms with Crippen molar-refractivity contribution in [3.05, 3.63) is 35.4 Å². The van der Waals surface area contributed by atoms with Gasteiger partial charge in [0.05, 0.1) is 0 Å². The normalized spacial score (nSPS) is 12.5. The van der Waals surface area contributed by atoms with Gasteiger partial charge in [0.25, 0.3) is 0 Å². The molecule has 0 aromatic heterocycles. The van der Waals surface area contributed by atoms with Crippen molar-refractivity contribution in [2.45, 2.75) is 52.1 Å². The van der Waals surface area contributed by atoms with Crippen LogP contribution in [0.3, 0.4) is 0 Å². The number of carboxylic acid groups (broad SMARTS) is 1. The average Bonchev–Trinajstić information content (AvgIpc) is 2.25. The first-order chi connectivity index (χ1) is 8.13. The van der Waals surface area contributed by atoms with Crippen LogP contribution < -0.4 is 5.32 Å². The Labute approximate surface area is 109 Å². The highest BCUT2D eigenvalue weighted by Gasteiger charge is 2.25. The number of hydrogen-bond acceptors (Lipinski definition) is 2. The highest BCUT2D eigenvalue weighted by atomic mass is 16.4. The van der Waals surface area contributed by atoms with E-state index < -0.39 is 11.5 Å². The summed E-state index contributed by atoms with van der Waals surface area (Å²) in [4.78, 5) is 11.0. The van der Waals surface area contributed by atoms with E-state index in [0.717, 1.165) is 5.56 Å². The monoisotopic (exact) mass is 249 g/mol. The molecule has 3 nitrogen and oxygen atoms in total. The van der Waals surface area contributed by atoms with Crippen LogP contribution in [-0.4, -0.2) is 16.6 Å². The summed E-state index contributed by atoms with van der Waals surface area (Å²) in [5.74, 6) is -0.839. The first kappa shape index (κ1) is 14.7. The summed E-state index contributed by atoms with van der Waals surface area (Å²) in [7, 11) is 0. The lowest BCUT2D eigenvalue weighted by Crippen LogP contribution is -2.46. The predicted molar refractivity (Wildman–Crippen MR) is 73.7 cm³/mol. The third-order valence-electron chi connectivity index (χ3n) is 3.09. The van der Waals surface area contributed by atoms with E-state index in [9.17, 15) is 4.79 Å². The van der Waals surface area contributed by atoms with Gasteiger partial charge in [-0.2, -0.15) is 0 Å². The maximum atomic E-state index is 11.0. The molecule has 2 N–H and O–H groups in total. The van der Waals surface area contributed by atoms with E-state index in [4.69, 9.17) is 5.11 Å². The molecule has 100 valence electrons. The Hall–Kier alpha value is -1.35. The van der Waals surface area contributed by atoms with Crippen LogP contribution in [0.1, 0.15) is 45.7 Å². The van der Waals surface area contributed by atoms with Gasteiger partial charge in [0.15, 0.2) is 0 Å². The molecule has 0 unspecified atom stereocenters. The third kappa shape index (κ3) is 3.84. The zero-order valence-electron chi connectivity index (χ0n) is 11.9. The van der Waals surface area contributed by atoms with Crippen molar-refractivity contribution in [2.24, 2.45) is 0 Å². The minimum atomic E-state index is -0.900. The van der Waals surface area contributed by atoms with Crippen molar-refractivity contribution in [1.82, 2.24) is 5.32 Å². The second-order valence-corrected chi connectivity index (χ2v) is 6.23. The molecule has 0 spiro atoms. The number of carbonyl (C=O) groups is 1. The minimum Gasteiger partial charge on any atom is -0.480 e. The summed E-state index contributed by atoms with van der Waals surface area (Å²) >= 11 is 0. The summed E-state index contributed by atoms with van der Waals surface area (Å²) in [5, 5.41) is 12.0. The molecular formula is C15H23NO2. The molecule has 0 bridgehead atoms. The van der Waals surface area contributed by atoms with Crippen molar-refractivity contribution in [3.8, 4) is 0 Å². The first-order valence-corrected chi connectivity index (χ1v) is 6.21. The minimum absolute atomic E-state index is 0.145. The summed E-state index contributed by atoms with van der Waals surface area (Å²) in [6.45, 7) is 10.4. The molecule has 0 aliphatic carbocycles. The highest BCUT2D eigenvalue weighted by Crippen LogP contribution is 2.22. The van der Waals surface area contributed by atoms with Crippen LogP contribution in [0.2, 0.25) is 0 Å². The van der Waals surface area contributed by atoms with Crippen molar-refractivity contribution in [2.75, 3.05) is 0 Å². The lowest BCUT2D eigenvalue weighted by molar-refractivity contribution is -0.143. The Bertz CT molecular complexity index is 413. The maximum Gasteiger partial charge on any atom is 0.323 e. The lowest BCUT2D eigenvalue weighted by Gasteiger charge is -2.22. The van der Waals surface area contributed by atoms with Gasteiger partial charge < -0.3 is 5.11 Å². The van der Waals surface area contributed by atoms with Crippen molar-refractivity contribution < 1.29 is 9.90 Å². The predicted octanol–water partition coefficient (Wildman–Crippen LogP) is 2.94. The fourth-order valence-corrected chi connectivity index (χ4v) is 1.52. The Morgan fingerprint density at radius 2 is 1.61 bits per heavy atom. The zero-order chi connectivity index (χ0) is 14.0. The summed E-state index contributed by atoms with van der Waals surface area (Å²) in [6.07, 6.45) is 0. The van der Waals surface area contributed by atoms with Gasteiger partial charge in [0.1, 0.15) is 5.54 Å². The van der Waals surface area contributed by atoms with E-state index in [2.05, 4.69) is 38.2 Å². The van der Waals surface area contributed by atoms with Crippen LogP contribution in [0.5, 0.6) is 0 Å². The Morgan fingerprint density at radius 3 is 2.00 bits per heavy atom. The fourth-order valence-electron chi connectivity index (χ4n) is 1.52. The molecule has 0 radical (unpaired) electrons. The number of nitrogens with one attached hydrogen (secondary N) is 1. The van der Waals surface area contributed by atoms with Gasteiger partial charge in [-0.25, -0.2) is 0 Å². The van der Waals surface area contributed by atoms with Gasteiger partial charge in [-0.3, -0.25) is 10.1 Å². The van der Waals surface area contributed by atoms with E-state index in [-0.39, 0.29) is 5.41 Å². The molecule has 1 aromatic carbocycles. The number of benzene rings is 1. The van der Waals surface area contributed by atoms with Gasteiger partial charge in [-0.15, -0.1) is 0 Å². The van der Waals surface area contributed by atoms with Crippen LogP contribution >= 0.6 is 0 Å². The summed E-state index contributed by atoms with van der Waals surface area (Å²) < 4.78 is 0. The summed E-state index contributed by atoms with van der Waals surface area (Å²) in [5.41, 5.74) is 1.62. The smallest absolute Gasteiger partial charge is 0.323 e. The largest absolute Gasteiger partial charge is 0.480 e. The summed E-state index contributed by atoms with van der Waals surface area (Å²) in [6, 6.07) is 8.30. The van der Waals surface area contributed by atoms with Crippen molar-refractivity contribution >= 4 is 5.97 Å². The van der Waals surface area contributed by atoms with Gasteiger partial charge >= 0.3 is 5.97 Å². The van der Waals surface area contributed by atoms with Gasteiger partial charge in [-0.1, -0.05) is 45.0 Å². The van der Waals surface area contributed by atoms with Gasteiger partial charge in [0.2, 0.25) is 0 Å². The van der Waals surface area contributed by atoms with E-state index in [1.165, 1.54) is 5.56 Å². The fraction of sp³-hybridized carbons (Fsp3) is 0.533. The highest BCUT2D eigenvalue weighted by molar-refractivity contribution is 5.77. The molecule has 0 aliphatic rings. The quantitative estimate of drug-likeness (QED) is 0.862. The third-order valence-corrected chi connectivity index (χ3v) is 3.09. The molecule has 1 rings (SSSR count). The van der Waals surface area contributed by atoms with Crippen LogP contribution in [0.15, 0.2) is 24.3 Å². The molecule has 0 fully saturated rings. The lowest BCUT2D eigenvalue weighted by atomic mass is 9.87. The van der Waals surface area contributed by atoms with Crippen LogP contribution in [0, 0.1) is 0 Å². The average molecular weight is 249 g/mol. The topological polar surface area (TPSA) is 49.3 Å². The molecule has 0 aliphatic heterocycles. The molecule has 1 aromatic rings. The number of carboxylic acids is 1. The van der Waals surface area contributed by atoms with E-state index in [1.807, 2.05) is 12.1 Å². The standard InChI is InChI=1S/C15H23NO2/c1-14(2,3)12-8-6-11(7-9-12)10-16-15(4,5)13(17)18/h6-9,16H,10H2,1-5H3,(H,17,18). The Balaban J connectivity index is 2.68. The van der Waals surface area contributed by atoms with Crippen LogP contribution in [-0.2, 0) is 16.8 Å². The molecule has 0 amide bonds. The molecule has 0 atom stereocenters. The molecule has 0 saturated heterocycles. The number of hydrogen-bond donors (Lipinski definition) is 2. The molecule has 0 saturated carbocycles. The van der Waals surface area contributed by atoms with Crippen LogP contribution in [0.4, 0.5) is 0 Å². The van der Waals surface area contributed by atoms with Crippen molar-refractivity contribution in [3.63, 3.8) is 0 Å². The molecule has 0 heterocycles. The molecule has 18 heavy (non-hydrogen) atoms. The molecular weight excluding hydrogens is 226 g/mol. The Morgan fingerprint density at radius 1 is 1.11 bits per heavy atom. The van der Waals surface area contributed by atoms with Gasteiger partial charge in [-0.05, 0) is 30.4 Å². The Kier molecular flexibility index (Phi) is 4.17. The second kappa shape index (κ2) is 5.11. The van der Waals surface area contributed by atoms with E-state index in [1.54, 1.807) is 13.8 Å².